The largest absolute Gasteiger partial charge is 0.480 e. The smallest absolute Gasteiger partial charge is 0.326 e. The maximum absolute atomic E-state index is 12.4. The number of aliphatic carboxylic acids is 1. The molecule has 4 amide bonds. The number of nitrogens with one attached hydrogen (secondary N) is 3. The molecule has 12 heteroatoms. The summed E-state index contributed by atoms with van der Waals surface area (Å²) in [7, 11) is 0. The molecule has 0 radical (unpaired) electrons. The Balaban J connectivity index is 4.93. The number of carbonyl (C=O) groups is 5. The molecule has 0 bridgehead atoms. The second-order valence-electron chi connectivity index (χ2n) is 6.77. The Kier molecular flexibility index (Phi) is 12.2. The minimum Gasteiger partial charge on any atom is -0.480 e. The van der Waals surface area contributed by atoms with Crippen LogP contribution < -0.4 is 33.2 Å². The highest BCUT2D eigenvalue weighted by Gasteiger charge is 2.27. The summed E-state index contributed by atoms with van der Waals surface area (Å²) in [4.78, 5) is 58.7. The second kappa shape index (κ2) is 13.4. The first-order chi connectivity index (χ1) is 13.5. The van der Waals surface area contributed by atoms with Gasteiger partial charge in [-0.3, -0.25) is 19.2 Å². The Morgan fingerprint density at radius 1 is 0.862 bits per heavy atom. The van der Waals surface area contributed by atoms with E-state index >= 15 is 0 Å². The topological polar surface area (TPSA) is 220 Å². The van der Waals surface area contributed by atoms with Crippen LogP contribution in [0, 0.1) is 0 Å². The zero-order valence-corrected chi connectivity index (χ0v) is 16.8. The molecule has 0 fully saturated rings. The fourth-order valence-corrected chi connectivity index (χ4v) is 2.29. The second-order valence-corrected chi connectivity index (χ2v) is 6.77. The standard InChI is InChI=1S/C17H32N6O6/c1-9(19)14(25)22-11(6-7-13(20)24)16(27)21-10(2)15(26)23-12(17(28)29)5-3-4-8-18/h9-12H,3-8,18-19H2,1-2H3,(H2,20,24)(H,21,27)(H,22,25)(H,23,26)(H,28,29). The van der Waals surface area contributed by atoms with Crippen molar-refractivity contribution in [3.05, 3.63) is 0 Å². The molecular weight excluding hydrogens is 384 g/mol. The highest BCUT2D eigenvalue weighted by atomic mass is 16.4. The third-order valence-corrected chi connectivity index (χ3v) is 4.04. The lowest BCUT2D eigenvalue weighted by Gasteiger charge is -2.23. The Morgan fingerprint density at radius 2 is 1.45 bits per heavy atom. The fourth-order valence-electron chi connectivity index (χ4n) is 2.29. The number of unbranched alkanes of at least 4 members (excludes halogenated alkanes) is 1. The Hall–Kier alpha value is -2.73. The van der Waals surface area contributed by atoms with Crippen molar-refractivity contribution in [1.82, 2.24) is 16.0 Å². The Morgan fingerprint density at radius 3 is 1.93 bits per heavy atom. The molecular formula is C17H32N6O6. The van der Waals surface area contributed by atoms with Gasteiger partial charge < -0.3 is 38.3 Å². The maximum atomic E-state index is 12.4. The molecule has 166 valence electrons. The van der Waals surface area contributed by atoms with E-state index in [1.165, 1.54) is 13.8 Å². The van der Waals surface area contributed by atoms with Crippen molar-refractivity contribution in [3.8, 4) is 0 Å². The average Bonchev–Trinajstić information content (AvgIpc) is 2.63. The van der Waals surface area contributed by atoms with Gasteiger partial charge in [-0.25, -0.2) is 4.79 Å². The van der Waals surface area contributed by atoms with E-state index < -0.39 is 53.8 Å². The molecule has 29 heavy (non-hydrogen) atoms. The van der Waals surface area contributed by atoms with Crippen molar-refractivity contribution in [3.63, 3.8) is 0 Å². The maximum Gasteiger partial charge on any atom is 0.326 e. The van der Waals surface area contributed by atoms with Crippen LogP contribution in [0.25, 0.3) is 0 Å². The van der Waals surface area contributed by atoms with Crippen molar-refractivity contribution in [1.29, 1.82) is 0 Å². The van der Waals surface area contributed by atoms with E-state index in [1.54, 1.807) is 0 Å². The number of hydrogen-bond acceptors (Lipinski definition) is 7. The van der Waals surface area contributed by atoms with Gasteiger partial charge in [-0.05, 0) is 46.1 Å². The number of primary amides is 1. The molecule has 0 heterocycles. The van der Waals surface area contributed by atoms with Gasteiger partial charge in [0.1, 0.15) is 18.1 Å². The zero-order valence-electron chi connectivity index (χ0n) is 16.8. The summed E-state index contributed by atoms with van der Waals surface area (Å²) in [6.07, 6.45) is 1.09. The monoisotopic (exact) mass is 416 g/mol. The molecule has 0 spiro atoms. The van der Waals surface area contributed by atoms with Gasteiger partial charge in [0.05, 0.1) is 6.04 Å². The van der Waals surface area contributed by atoms with Crippen molar-refractivity contribution in [2.24, 2.45) is 17.2 Å². The van der Waals surface area contributed by atoms with Crippen molar-refractivity contribution in [2.45, 2.75) is 70.1 Å². The van der Waals surface area contributed by atoms with Gasteiger partial charge >= 0.3 is 5.97 Å². The first-order valence-electron chi connectivity index (χ1n) is 9.37. The first kappa shape index (κ1) is 26.3. The van der Waals surface area contributed by atoms with Gasteiger partial charge in [-0.15, -0.1) is 0 Å². The van der Waals surface area contributed by atoms with E-state index in [-0.39, 0.29) is 19.3 Å². The molecule has 12 nitrogen and oxygen atoms in total. The summed E-state index contributed by atoms with van der Waals surface area (Å²) < 4.78 is 0. The van der Waals surface area contributed by atoms with Crippen LogP contribution in [0.4, 0.5) is 0 Å². The SMILES string of the molecule is CC(N)C(=O)NC(CCC(N)=O)C(=O)NC(C)C(=O)NC(CCCCN)C(=O)O. The predicted molar refractivity (Wildman–Crippen MR) is 104 cm³/mol. The molecule has 0 saturated heterocycles. The number of hydrogen-bond donors (Lipinski definition) is 7. The summed E-state index contributed by atoms with van der Waals surface area (Å²) in [5.74, 6) is -3.90. The number of rotatable bonds is 14. The van der Waals surface area contributed by atoms with Crippen LogP contribution in [-0.2, 0) is 24.0 Å². The van der Waals surface area contributed by atoms with Crippen LogP contribution in [0.5, 0.6) is 0 Å². The number of amides is 4. The van der Waals surface area contributed by atoms with Crippen molar-refractivity contribution < 1.29 is 29.1 Å². The van der Waals surface area contributed by atoms with E-state index in [4.69, 9.17) is 17.2 Å². The van der Waals surface area contributed by atoms with E-state index in [9.17, 15) is 29.1 Å². The van der Waals surface area contributed by atoms with Gasteiger partial charge in [-0.2, -0.15) is 0 Å². The van der Waals surface area contributed by atoms with Gasteiger partial charge in [-0.1, -0.05) is 0 Å². The molecule has 0 rings (SSSR count). The average molecular weight is 416 g/mol. The number of carbonyl (C=O) groups excluding carboxylic acids is 4. The van der Waals surface area contributed by atoms with Crippen molar-refractivity contribution >= 4 is 29.6 Å². The number of nitrogens with two attached hydrogens (primary N) is 3. The minimum atomic E-state index is -1.20. The third kappa shape index (κ3) is 11.0. The van der Waals surface area contributed by atoms with E-state index in [0.717, 1.165) is 0 Å². The summed E-state index contributed by atoms with van der Waals surface area (Å²) in [5.41, 5.74) is 15.9. The number of carboxylic acid groups (broad SMARTS) is 1. The molecule has 0 aromatic rings. The minimum absolute atomic E-state index is 0.0786. The number of carboxylic acids is 1. The summed E-state index contributed by atoms with van der Waals surface area (Å²) in [6.45, 7) is 3.20. The quantitative estimate of drug-likeness (QED) is 0.147. The Bertz CT molecular complexity index is 597. The van der Waals surface area contributed by atoms with Crippen LogP contribution in [0.3, 0.4) is 0 Å². The summed E-state index contributed by atoms with van der Waals surface area (Å²) >= 11 is 0. The molecule has 0 aromatic heterocycles. The molecule has 0 saturated carbocycles. The van der Waals surface area contributed by atoms with Crippen LogP contribution in [-0.4, -0.2) is 65.4 Å². The molecule has 0 aliphatic carbocycles. The lowest BCUT2D eigenvalue weighted by atomic mass is 10.1. The van der Waals surface area contributed by atoms with E-state index in [2.05, 4.69) is 16.0 Å². The van der Waals surface area contributed by atoms with Gasteiger partial charge in [0.2, 0.25) is 23.6 Å². The molecule has 4 atom stereocenters. The van der Waals surface area contributed by atoms with Crippen LogP contribution in [0.2, 0.25) is 0 Å². The van der Waals surface area contributed by atoms with Gasteiger partial charge in [0.15, 0.2) is 0 Å². The molecule has 0 aliphatic heterocycles. The molecule has 10 N–H and O–H groups in total. The highest BCUT2D eigenvalue weighted by Crippen LogP contribution is 2.03. The highest BCUT2D eigenvalue weighted by molar-refractivity contribution is 5.94. The normalized spacial score (nSPS) is 14.8. The van der Waals surface area contributed by atoms with Gasteiger partial charge in [0.25, 0.3) is 0 Å². The molecule has 4 unspecified atom stereocenters. The van der Waals surface area contributed by atoms with Crippen LogP contribution in [0.15, 0.2) is 0 Å². The first-order valence-corrected chi connectivity index (χ1v) is 9.37. The lowest BCUT2D eigenvalue weighted by Crippen LogP contribution is -2.56. The summed E-state index contributed by atoms with van der Waals surface area (Å²) in [5, 5.41) is 16.3. The Labute approximate surface area is 169 Å². The molecule has 0 aromatic carbocycles. The van der Waals surface area contributed by atoms with E-state index in [0.29, 0.717) is 19.4 Å². The zero-order chi connectivity index (χ0) is 22.6. The fraction of sp³-hybridized carbons (Fsp3) is 0.706. The summed E-state index contributed by atoms with van der Waals surface area (Å²) in [6, 6.07) is -4.21. The van der Waals surface area contributed by atoms with Gasteiger partial charge in [0, 0.05) is 6.42 Å². The molecule has 0 aliphatic rings. The predicted octanol–water partition coefficient (Wildman–Crippen LogP) is -2.71. The third-order valence-electron chi connectivity index (χ3n) is 4.04. The lowest BCUT2D eigenvalue weighted by molar-refractivity contribution is -0.142. The van der Waals surface area contributed by atoms with Crippen LogP contribution in [0.1, 0.15) is 46.0 Å². The van der Waals surface area contributed by atoms with Crippen LogP contribution >= 0.6 is 0 Å². The van der Waals surface area contributed by atoms with Crippen molar-refractivity contribution in [2.75, 3.05) is 6.54 Å². The van der Waals surface area contributed by atoms with E-state index in [1.807, 2.05) is 0 Å².